The number of aromatic nitrogens is 1. The summed E-state index contributed by atoms with van der Waals surface area (Å²) in [5.74, 6) is 0. The SMILES string of the molecule is CCC(N)Cc1cn(S(=O)(=O)c2ccc(C)cc2)c2ccccc12. The monoisotopic (exact) mass is 342 g/mol. The van der Waals surface area contributed by atoms with Crippen LogP contribution in [0.4, 0.5) is 0 Å². The van der Waals surface area contributed by atoms with Crippen molar-refractivity contribution in [1.29, 1.82) is 0 Å². The zero-order valence-electron chi connectivity index (χ0n) is 13.9. The van der Waals surface area contributed by atoms with Gasteiger partial charge in [-0.15, -0.1) is 0 Å². The Hall–Kier alpha value is -2.11. The molecule has 1 heterocycles. The van der Waals surface area contributed by atoms with Gasteiger partial charge in [-0.3, -0.25) is 0 Å². The van der Waals surface area contributed by atoms with Crippen molar-refractivity contribution in [3.63, 3.8) is 0 Å². The molecule has 3 rings (SSSR count). The number of rotatable bonds is 5. The van der Waals surface area contributed by atoms with Crippen molar-refractivity contribution < 1.29 is 8.42 Å². The van der Waals surface area contributed by atoms with Gasteiger partial charge >= 0.3 is 0 Å². The molecule has 1 aromatic heterocycles. The van der Waals surface area contributed by atoms with E-state index >= 15 is 0 Å². The fourth-order valence-electron chi connectivity index (χ4n) is 2.83. The first-order valence-corrected chi connectivity index (χ1v) is 9.54. The van der Waals surface area contributed by atoms with Crippen molar-refractivity contribution in [3.8, 4) is 0 Å². The lowest BCUT2D eigenvalue weighted by atomic mass is 10.0. The number of hydrogen-bond donors (Lipinski definition) is 1. The van der Waals surface area contributed by atoms with Crippen LogP contribution in [0.15, 0.2) is 59.6 Å². The maximum absolute atomic E-state index is 13.1. The van der Waals surface area contributed by atoms with Gasteiger partial charge in [0.2, 0.25) is 0 Å². The molecule has 0 saturated carbocycles. The summed E-state index contributed by atoms with van der Waals surface area (Å²) >= 11 is 0. The number of benzene rings is 2. The molecule has 0 spiro atoms. The van der Waals surface area contributed by atoms with E-state index in [-0.39, 0.29) is 6.04 Å². The molecule has 5 heteroatoms. The molecule has 4 nitrogen and oxygen atoms in total. The number of hydrogen-bond acceptors (Lipinski definition) is 3. The Labute approximate surface area is 143 Å². The predicted octanol–water partition coefficient (Wildman–Crippen LogP) is 3.47. The van der Waals surface area contributed by atoms with Crippen LogP contribution in [-0.4, -0.2) is 18.4 Å². The van der Waals surface area contributed by atoms with Crippen molar-refractivity contribution in [3.05, 3.63) is 65.9 Å². The van der Waals surface area contributed by atoms with Crippen LogP contribution < -0.4 is 5.73 Å². The van der Waals surface area contributed by atoms with Crippen LogP contribution in [0.1, 0.15) is 24.5 Å². The average Bonchev–Trinajstić information content (AvgIpc) is 2.95. The minimum atomic E-state index is -3.63. The quantitative estimate of drug-likeness (QED) is 0.772. The average molecular weight is 342 g/mol. The molecule has 3 aromatic rings. The minimum absolute atomic E-state index is 0.0198. The largest absolute Gasteiger partial charge is 0.327 e. The molecule has 2 aromatic carbocycles. The Bertz CT molecular complexity index is 957. The lowest BCUT2D eigenvalue weighted by Gasteiger charge is -2.08. The molecule has 0 aliphatic rings. The van der Waals surface area contributed by atoms with Crippen LogP contribution in [0.2, 0.25) is 0 Å². The van der Waals surface area contributed by atoms with Crippen LogP contribution >= 0.6 is 0 Å². The first kappa shape index (κ1) is 16.7. The second kappa shape index (κ2) is 6.42. The van der Waals surface area contributed by atoms with E-state index in [4.69, 9.17) is 5.73 Å². The topological polar surface area (TPSA) is 65.1 Å². The molecule has 0 radical (unpaired) electrons. The van der Waals surface area contributed by atoms with Crippen molar-refractivity contribution in [2.75, 3.05) is 0 Å². The van der Waals surface area contributed by atoms with Gasteiger partial charge in [-0.05, 0) is 43.5 Å². The molecule has 126 valence electrons. The molecule has 2 N–H and O–H groups in total. The highest BCUT2D eigenvalue weighted by Crippen LogP contribution is 2.27. The van der Waals surface area contributed by atoms with E-state index in [1.165, 1.54) is 3.97 Å². The third-order valence-electron chi connectivity index (χ3n) is 4.34. The number of aryl methyl sites for hydroxylation is 1. The van der Waals surface area contributed by atoms with Crippen LogP contribution in [-0.2, 0) is 16.4 Å². The second-order valence-electron chi connectivity index (χ2n) is 6.16. The van der Waals surface area contributed by atoms with E-state index in [1.54, 1.807) is 18.3 Å². The van der Waals surface area contributed by atoms with Crippen LogP contribution in [0.25, 0.3) is 10.9 Å². The van der Waals surface area contributed by atoms with E-state index in [0.29, 0.717) is 16.8 Å². The first-order valence-electron chi connectivity index (χ1n) is 8.10. The summed E-state index contributed by atoms with van der Waals surface area (Å²) in [5.41, 5.74) is 8.77. The smallest absolute Gasteiger partial charge is 0.268 e. The molecule has 1 atom stereocenters. The first-order chi connectivity index (χ1) is 11.4. The molecule has 0 fully saturated rings. The third-order valence-corrected chi connectivity index (χ3v) is 6.03. The van der Waals surface area contributed by atoms with Gasteiger partial charge in [-0.1, -0.05) is 42.8 Å². The lowest BCUT2D eigenvalue weighted by molar-refractivity contribution is 0.588. The molecule has 1 unspecified atom stereocenters. The predicted molar refractivity (Wildman–Crippen MR) is 97.7 cm³/mol. The summed E-state index contributed by atoms with van der Waals surface area (Å²) in [5, 5.41) is 0.942. The van der Waals surface area contributed by atoms with Gasteiger partial charge in [-0.25, -0.2) is 12.4 Å². The van der Waals surface area contributed by atoms with E-state index in [9.17, 15) is 8.42 Å². The lowest BCUT2D eigenvalue weighted by Crippen LogP contribution is -2.21. The van der Waals surface area contributed by atoms with Crippen molar-refractivity contribution in [1.82, 2.24) is 3.97 Å². The molecule has 0 aliphatic carbocycles. The fourth-order valence-corrected chi connectivity index (χ4v) is 4.22. The van der Waals surface area contributed by atoms with Crippen molar-refractivity contribution in [2.45, 2.75) is 37.6 Å². The molecule has 24 heavy (non-hydrogen) atoms. The van der Waals surface area contributed by atoms with Gasteiger partial charge in [0.1, 0.15) is 0 Å². The zero-order valence-corrected chi connectivity index (χ0v) is 14.8. The van der Waals surface area contributed by atoms with E-state index < -0.39 is 10.0 Å². The maximum Gasteiger partial charge on any atom is 0.268 e. The Balaban J connectivity index is 2.17. The van der Waals surface area contributed by atoms with Crippen LogP contribution in [0, 0.1) is 6.92 Å². The van der Waals surface area contributed by atoms with Crippen molar-refractivity contribution >= 4 is 20.9 Å². The summed E-state index contributed by atoms with van der Waals surface area (Å²) in [6.07, 6.45) is 3.23. The summed E-state index contributed by atoms with van der Waals surface area (Å²) in [6, 6.07) is 14.5. The maximum atomic E-state index is 13.1. The molecular formula is C19H22N2O2S. The summed E-state index contributed by atoms with van der Waals surface area (Å²) in [6.45, 7) is 3.97. The molecule has 0 bridgehead atoms. The normalized spacial score (nSPS) is 13.3. The van der Waals surface area contributed by atoms with Crippen LogP contribution in [0.5, 0.6) is 0 Å². The summed E-state index contributed by atoms with van der Waals surface area (Å²) < 4.78 is 27.5. The van der Waals surface area contributed by atoms with Gasteiger partial charge in [-0.2, -0.15) is 0 Å². The summed E-state index contributed by atoms with van der Waals surface area (Å²) in [7, 11) is -3.63. The molecular weight excluding hydrogens is 320 g/mol. The standard InChI is InChI=1S/C19H22N2O2S/c1-3-16(20)12-15-13-21(19-7-5-4-6-18(15)19)24(22,23)17-10-8-14(2)9-11-17/h4-11,13,16H,3,12,20H2,1-2H3. The Morgan fingerprint density at radius 1 is 1.08 bits per heavy atom. The van der Waals surface area contributed by atoms with E-state index in [2.05, 4.69) is 0 Å². The number of nitrogens with two attached hydrogens (primary N) is 1. The number of para-hydroxylation sites is 1. The highest BCUT2D eigenvalue weighted by molar-refractivity contribution is 7.90. The Kier molecular flexibility index (Phi) is 4.47. The molecule has 0 aliphatic heterocycles. The second-order valence-corrected chi connectivity index (χ2v) is 7.97. The minimum Gasteiger partial charge on any atom is -0.327 e. The van der Waals surface area contributed by atoms with Crippen molar-refractivity contribution in [2.24, 2.45) is 5.73 Å². The van der Waals surface area contributed by atoms with Gasteiger partial charge < -0.3 is 5.73 Å². The Morgan fingerprint density at radius 3 is 2.42 bits per heavy atom. The van der Waals surface area contributed by atoms with Gasteiger partial charge in [0, 0.05) is 17.6 Å². The van der Waals surface area contributed by atoms with Gasteiger partial charge in [0.05, 0.1) is 10.4 Å². The van der Waals surface area contributed by atoms with Gasteiger partial charge in [0.15, 0.2) is 0 Å². The Morgan fingerprint density at radius 2 is 1.75 bits per heavy atom. The molecule has 0 amide bonds. The number of nitrogens with zero attached hydrogens (tertiary/aromatic N) is 1. The number of fused-ring (bicyclic) bond motifs is 1. The zero-order chi connectivity index (χ0) is 17.3. The molecule has 0 saturated heterocycles. The van der Waals surface area contributed by atoms with Gasteiger partial charge in [0.25, 0.3) is 10.0 Å². The highest BCUT2D eigenvalue weighted by Gasteiger charge is 2.21. The van der Waals surface area contributed by atoms with Crippen LogP contribution in [0.3, 0.4) is 0 Å². The third kappa shape index (κ3) is 2.97. The van der Waals surface area contributed by atoms with E-state index in [1.807, 2.05) is 50.2 Å². The highest BCUT2D eigenvalue weighted by atomic mass is 32.2. The fraction of sp³-hybridized carbons (Fsp3) is 0.263. The summed E-state index contributed by atoms with van der Waals surface area (Å²) in [4.78, 5) is 0.292. The van der Waals surface area contributed by atoms with E-state index in [0.717, 1.165) is 22.9 Å².